The first-order valence-electron chi connectivity index (χ1n) is 9.22. The SMILES string of the molecule is CC(C)n1nc(CCC(=O)NCCc2ccc(F)cc2)c2c1CCOC2. The Bertz CT molecular complexity index is 753. The molecule has 2 heterocycles. The van der Waals surface area contributed by atoms with E-state index in [0.717, 1.165) is 29.8 Å². The van der Waals surface area contributed by atoms with Crippen LogP contribution in [0.3, 0.4) is 0 Å². The van der Waals surface area contributed by atoms with Crippen molar-refractivity contribution >= 4 is 5.91 Å². The van der Waals surface area contributed by atoms with E-state index in [4.69, 9.17) is 9.84 Å². The molecule has 0 saturated carbocycles. The number of amides is 1. The average molecular weight is 359 g/mol. The van der Waals surface area contributed by atoms with Gasteiger partial charge in [0.2, 0.25) is 5.91 Å². The van der Waals surface area contributed by atoms with Crippen LogP contribution in [0.5, 0.6) is 0 Å². The van der Waals surface area contributed by atoms with Gasteiger partial charge in [-0.25, -0.2) is 4.39 Å². The molecule has 1 aliphatic rings. The van der Waals surface area contributed by atoms with Gasteiger partial charge in [0.15, 0.2) is 0 Å². The number of ether oxygens (including phenoxy) is 1. The standard InChI is InChI=1S/C20H26FN3O2/c1-14(2)24-19-10-12-26-13-17(19)18(23-24)7-8-20(25)22-11-9-15-3-5-16(21)6-4-15/h3-6,14H,7-13H2,1-2H3,(H,22,25). The monoisotopic (exact) mass is 359 g/mol. The first kappa shape index (κ1) is 18.6. The summed E-state index contributed by atoms with van der Waals surface area (Å²) in [6.45, 7) is 6.10. The summed E-state index contributed by atoms with van der Waals surface area (Å²) < 4.78 is 20.5. The number of nitrogens with zero attached hydrogens (tertiary/aromatic N) is 2. The van der Waals surface area contributed by atoms with Crippen LogP contribution < -0.4 is 5.32 Å². The summed E-state index contributed by atoms with van der Waals surface area (Å²) >= 11 is 0. The van der Waals surface area contributed by atoms with Crippen molar-refractivity contribution in [3.05, 3.63) is 52.6 Å². The molecule has 0 saturated heterocycles. The lowest BCUT2D eigenvalue weighted by Crippen LogP contribution is -2.26. The van der Waals surface area contributed by atoms with E-state index >= 15 is 0 Å². The van der Waals surface area contributed by atoms with Crippen molar-refractivity contribution in [2.24, 2.45) is 0 Å². The molecule has 140 valence electrons. The molecule has 0 bridgehead atoms. The number of hydrogen-bond acceptors (Lipinski definition) is 3. The molecule has 1 aromatic heterocycles. The van der Waals surface area contributed by atoms with Gasteiger partial charge in [0.05, 0.1) is 18.9 Å². The minimum absolute atomic E-state index is 0.0108. The second-order valence-electron chi connectivity index (χ2n) is 6.94. The van der Waals surface area contributed by atoms with Gasteiger partial charge in [-0.1, -0.05) is 12.1 Å². The second-order valence-corrected chi connectivity index (χ2v) is 6.94. The number of halogens is 1. The fraction of sp³-hybridized carbons (Fsp3) is 0.500. The summed E-state index contributed by atoms with van der Waals surface area (Å²) in [5, 5.41) is 7.65. The highest BCUT2D eigenvalue weighted by Gasteiger charge is 2.22. The van der Waals surface area contributed by atoms with E-state index in [9.17, 15) is 9.18 Å². The van der Waals surface area contributed by atoms with Crippen molar-refractivity contribution in [1.29, 1.82) is 0 Å². The lowest BCUT2D eigenvalue weighted by atomic mass is 10.1. The molecule has 5 nitrogen and oxygen atoms in total. The summed E-state index contributed by atoms with van der Waals surface area (Å²) in [6.07, 6.45) is 2.60. The van der Waals surface area contributed by atoms with Crippen molar-refractivity contribution in [3.8, 4) is 0 Å². The van der Waals surface area contributed by atoms with Gasteiger partial charge in [0.25, 0.3) is 0 Å². The van der Waals surface area contributed by atoms with Crippen LogP contribution in [-0.2, 0) is 35.4 Å². The fourth-order valence-corrected chi connectivity index (χ4v) is 3.28. The average Bonchev–Trinajstić information content (AvgIpc) is 3.01. The van der Waals surface area contributed by atoms with Gasteiger partial charge in [0, 0.05) is 43.1 Å². The number of carbonyl (C=O) groups excluding carboxylic acids is 1. The van der Waals surface area contributed by atoms with Crippen molar-refractivity contribution < 1.29 is 13.9 Å². The Balaban J connectivity index is 1.50. The third-order valence-electron chi connectivity index (χ3n) is 4.66. The predicted molar refractivity (Wildman–Crippen MR) is 97.4 cm³/mol. The predicted octanol–water partition coefficient (Wildman–Crippen LogP) is 2.97. The topological polar surface area (TPSA) is 56.2 Å². The van der Waals surface area contributed by atoms with Gasteiger partial charge < -0.3 is 10.1 Å². The quantitative estimate of drug-likeness (QED) is 0.827. The summed E-state index contributed by atoms with van der Waals surface area (Å²) in [5.74, 6) is -0.234. The van der Waals surface area contributed by atoms with Gasteiger partial charge >= 0.3 is 0 Å². The smallest absolute Gasteiger partial charge is 0.220 e. The molecule has 0 unspecified atom stereocenters. The largest absolute Gasteiger partial charge is 0.376 e. The lowest BCUT2D eigenvalue weighted by Gasteiger charge is -2.16. The maximum atomic E-state index is 12.9. The molecule has 0 fully saturated rings. The van der Waals surface area contributed by atoms with E-state index < -0.39 is 0 Å². The summed E-state index contributed by atoms with van der Waals surface area (Å²) in [7, 11) is 0. The molecule has 1 amide bonds. The molecular weight excluding hydrogens is 333 g/mol. The van der Waals surface area contributed by atoms with E-state index in [-0.39, 0.29) is 11.7 Å². The van der Waals surface area contributed by atoms with E-state index in [1.807, 2.05) is 0 Å². The van der Waals surface area contributed by atoms with E-state index in [1.165, 1.54) is 17.8 Å². The Hall–Kier alpha value is -2.21. The van der Waals surface area contributed by atoms with Crippen molar-refractivity contribution in [2.75, 3.05) is 13.2 Å². The number of nitrogens with one attached hydrogen (secondary N) is 1. The minimum Gasteiger partial charge on any atom is -0.376 e. The molecule has 0 radical (unpaired) electrons. The van der Waals surface area contributed by atoms with Crippen LogP contribution in [0.15, 0.2) is 24.3 Å². The van der Waals surface area contributed by atoms with Gasteiger partial charge in [-0.2, -0.15) is 5.10 Å². The number of fused-ring (bicyclic) bond motifs is 1. The van der Waals surface area contributed by atoms with E-state index in [1.54, 1.807) is 12.1 Å². The number of carbonyl (C=O) groups is 1. The highest BCUT2D eigenvalue weighted by Crippen LogP contribution is 2.24. The van der Waals surface area contributed by atoms with Crippen LogP contribution in [0.4, 0.5) is 4.39 Å². The summed E-state index contributed by atoms with van der Waals surface area (Å²) in [5.41, 5.74) is 4.39. The lowest BCUT2D eigenvalue weighted by molar-refractivity contribution is -0.121. The molecule has 0 atom stereocenters. The van der Waals surface area contributed by atoms with Crippen molar-refractivity contribution in [2.45, 2.75) is 52.2 Å². The Morgan fingerprint density at radius 2 is 2.08 bits per heavy atom. The van der Waals surface area contributed by atoms with Gasteiger partial charge in [-0.3, -0.25) is 9.48 Å². The van der Waals surface area contributed by atoms with Crippen molar-refractivity contribution in [1.82, 2.24) is 15.1 Å². The molecule has 1 aromatic carbocycles. The Labute approximate surface area is 153 Å². The number of aromatic nitrogens is 2. The molecular formula is C20H26FN3O2. The Kier molecular flexibility index (Phi) is 6.04. The zero-order chi connectivity index (χ0) is 18.5. The maximum absolute atomic E-state index is 12.9. The maximum Gasteiger partial charge on any atom is 0.220 e. The zero-order valence-electron chi connectivity index (χ0n) is 15.4. The zero-order valence-corrected chi connectivity index (χ0v) is 15.4. The van der Waals surface area contributed by atoms with E-state index in [0.29, 0.717) is 38.5 Å². The molecule has 6 heteroatoms. The molecule has 0 aliphatic carbocycles. The van der Waals surface area contributed by atoms with Gasteiger partial charge in [0.1, 0.15) is 5.82 Å². The number of benzene rings is 1. The minimum atomic E-state index is -0.245. The molecule has 1 aliphatic heterocycles. The highest BCUT2D eigenvalue weighted by molar-refractivity contribution is 5.76. The van der Waals surface area contributed by atoms with E-state index in [2.05, 4.69) is 23.8 Å². The molecule has 1 N–H and O–H groups in total. The molecule has 2 aromatic rings. The normalized spacial score (nSPS) is 13.7. The summed E-state index contributed by atoms with van der Waals surface area (Å²) in [4.78, 5) is 12.1. The Morgan fingerprint density at radius 1 is 1.31 bits per heavy atom. The first-order valence-corrected chi connectivity index (χ1v) is 9.22. The van der Waals surface area contributed by atoms with Crippen LogP contribution in [0.25, 0.3) is 0 Å². The second kappa shape index (κ2) is 8.45. The Morgan fingerprint density at radius 3 is 2.81 bits per heavy atom. The van der Waals surface area contributed by atoms with Crippen LogP contribution in [-0.4, -0.2) is 28.8 Å². The molecule has 26 heavy (non-hydrogen) atoms. The third kappa shape index (κ3) is 4.49. The van der Waals surface area contributed by atoms with Crippen LogP contribution in [0.2, 0.25) is 0 Å². The molecule has 3 rings (SSSR count). The van der Waals surface area contributed by atoms with Crippen molar-refractivity contribution in [3.63, 3.8) is 0 Å². The number of aryl methyl sites for hydroxylation is 1. The van der Waals surface area contributed by atoms with Crippen LogP contribution >= 0.6 is 0 Å². The van der Waals surface area contributed by atoms with Gasteiger partial charge in [-0.15, -0.1) is 0 Å². The number of hydrogen-bond donors (Lipinski definition) is 1. The van der Waals surface area contributed by atoms with Crippen LogP contribution in [0.1, 0.15) is 48.8 Å². The fourth-order valence-electron chi connectivity index (χ4n) is 3.28. The van der Waals surface area contributed by atoms with Gasteiger partial charge in [-0.05, 0) is 38.0 Å². The summed E-state index contributed by atoms with van der Waals surface area (Å²) in [6, 6.07) is 6.67. The van der Waals surface area contributed by atoms with Crippen LogP contribution in [0, 0.1) is 5.82 Å². The third-order valence-corrected chi connectivity index (χ3v) is 4.66. The first-order chi connectivity index (χ1) is 12.5. The highest BCUT2D eigenvalue weighted by atomic mass is 19.1. The molecule has 0 spiro atoms. The number of rotatable bonds is 7.